The number of carbonyl (C=O) groups is 1. The molecule has 1 rings (SSSR count). The normalized spacial score (nSPS) is 11.9. The first-order valence-corrected chi connectivity index (χ1v) is 6.55. The lowest BCUT2D eigenvalue weighted by Gasteiger charge is -2.35. The molecule has 1 aromatic rings. The van der Waals surface area contributed by atoms with Crippen molar-refractivity contribution in [1.82, 2.24) is 4.90 Å². The van der Waals surface area contributed by atoms with Gasteiger partial charge < -0.3 is 0 Å². The standard InChI is InChI=1S/C15H21F2NO/c1-5-18(6-2)15(3,4)14(19)10-11-7-8-12(16)13(17)9-11/h7-9H,5-6,10H2,1-4H3. The number of rotatable bonds is 6. The van der Waals surface area contributed by atoms with Crippen LogP contribution in [0.5, 0.6) is 0 Å². The van der Waals surface area contributed by atoms with Crippen LogP contribution in [0.4, 0.5) is 8.78 Å². The first-order chi connectivity index (χ1) is 8.82. The number of likely N-dealkylation sites (N-methyl/N-ethyl adjacent to an activating group) is 1. The molecule has 19 heavy (non-hydrogen) atoms. The van der Waals surface area contributed by atoms with Gasteiger partial charge in [-0.2, -0.15) is 0 Å². The van der Waals surface area contributed by atoms with Crippen LogP contribution >= 0.6 is 0 Å². The lowest BCUT2D eigenvalue weighted by Crippen LogP contribution is -2.50. The van der Waals surface area contributed by atoms with E-state index < -0.39 is 17.2 Å². The minimum Gasteiger partial charge on any atom is -0.297 e. The molecule has 0 fully saturated rings. The Bertz CT molecular complexity index is 453. The van der Waals surface area contributed by atoms with Crippen LogP contribution in [-0.4, -0.2) is 29.3 Å². The fourth-order valence-electron chi connectivity index (χ4n) is 2.24. The predicted octanol–water partition coefficient (Wildman–Crippen LogP) is 3.20. The summed E-state index contributed by atoms with van der Waals surface area (Å²) in [4.78, 5) is 14.4. The van der Waals surface area contributed by atoms with Gasteiger partial charge in [0.2, 0.25) is 0 Å². The van der Waals surface area contributed by atoms with Gasteiger partial charge in [-0.1, -0.05) is 19.9 Å². The molecule has 0 saturated heterocycles. The third-order valence-corrected chi connectivity index (χ3v) is 3.59. The summed E-state index contributed by atoms with van der Waals surface area (Å²) < 4.78 is 26.0. The van der Waals surface area contributed by atoms with Crippen LogP contribution in [0.3, 0.4) is 0 Å². The molecule has 0 amide bonds. The zero-order valence-corrected chi connectivity index (χ0v) is 12.0. The molecular formula is C15H21F2NO. The summed E-state index contributed by atoms with van der Waals surface area (Å²) in [5.41, 5.74) is -0.0990. The Morgan fingerprint density at radius 1 is 1.16 bits per heavy atom. The van der Waals surface area contributed by atoms with Crippen molar-refractivity contribution in [3.8, 4) is 0 Å². The molecule has 0 N–H and O–H groups in total. The molecule has 0 aromatic heterocycles. The minimum atomic E-state index is -0.911. The number of carbonyl (C=O) groups excluding carboxylic acids is 1. The first-order valence-electron chi connectivity index (χ1n) is 6.55. The summed E-state index contributed by atoms with van der Waals surface area (Å²) in [5, 5.41) is 0. The molecule has 0 saturated carbocycles. The fraction of sp³-hybridized carbons (Fsp3) is 0.533. The maximum absolute atomic E-state index is 13.1. The van der Waals surface area contributed by atoms with E-state index in [1.807, 2.05) is 27.7 Å². The molecule has 4 heteroatoms. The molecule has 0 spiro atoms. The zero-order chi connectivity index (χ0) is 14.6. The molecule has 0 radical (unpaired) electrons. The fourth-order valence-corrected chi connectivity index (χ4v) is 2.24. The van der Waals surface area contributed by atoms with E-state index in [4.69, 9.17) is 0 Å². The van der Waals surface area contributed by atoms with Crippen molar-refractivity contribution in [3.63, 3.8) is 0 Å². The van der Waals surface area contributed by atoms with Crippen molar-refractivity contribution in [3.05, 3.63) is 35.4 Å². The number of benzene rings is 1. The predicted molar refractivity (Wildman–Crippen MR) is 72.1 cm³/mol. The quantitative estimate of drug-likeness (QED) is 0.790. The van der Waals surface area contributed by atoms with Crippen LogP contribution in [0.2, 0.25) is 0 Å². The van der Waals surface area contributed by atoms with E-state index in [2.05, 4.69) is 4.90 Å². The van der Waals surface area contributed by atoms with Gasteiger partial charge in [0.1, 0.15) is 0 Å². The van der Waals surface area contributed by atoms with E-state index >= 15 is 0 Å². The molecule has 0 aliphatic rings. The highest BCUT2D eigenvalue weighted by molar-refractivity contribution is 5.89. The Kier molecular flexibility index (Phi) is 5.18. The maximum Gasteiger partial charge on any atom is 0.159 e. The van der Waals surface area contributed by atoms with Gasteiger partial charge in [-0.3, -0.25) is 9.69 Å². The van der Waals surface area contributed by atoms with E-state index in [9.17, 15) is 13.6 Å². The first kappa shape index (κ1) is 15.8. The Balaban J connectivity index is 2.86. The second-order valence-electron chi connectivity index (χ2n) is 5.08. The van der Waals surface area contributed by atoms with Gasteiger partial charge in [0.15, 0.2) is 17.4 Å². The highest BCUT2D eigenvalue weighted by Gasteiger charge is 2.32. The molecule has 0 aliphatic carbocycles. The molecule has 106 valence electrons. The Morgan fingerprint density at radius 2 is 1.74 bits per heavy atom. The van der Waals surface area contributed by atoms with Crippen LogP contribution in [0.15, 0.2) is 18.2 Å². The summed E-state index contributed by atoms with van der Waals surface area (Å²) in [5.74, 6) is -1.80. The van der Waals surface area contributed by atoms with Gasteiger partial charge in [-0.25, -0.2) is 8.78 Å². The minimum absolute atomic E-state index is 0.00204. The smallest absolute Gasteiger partial charge is 0.159 e. The van der Waals surface area contributed by atoms with Gasteiger partial charge in [0.25, 0.3) is 0 Å². The van der Waals surface area contributed by atoms with Gasteiger partial charge in [0.05, 0.1) is 5.54 Å². The number of hydrogen-bond donors (Lipinski definition) is 0. The monoisotopic (exact) mass is 269 g/mol. The third kappa shape index (κ3) is 3.60. The number of nitrogens with zero attached hydrogens (tertiary/aromatic N) is 1. The van der Waals surface area contributed by atoms with Crippen molar-refractivity contribution in [2.75, 3.05) is 13.1 Å². The van der Waals surface area contributed by atoms with E-state index in [1.54, 1.807) is 0 Å². The third-order valence-electron chi connectivity index (χ3n) is 3.59. The molecule has 1 aromatic carbocycles. The van der Waals surface area contributed by atoms with Crippen molar-refractivity contribution < 1.29 is 13.6 Å². The summed E-state index contributed by atoms with van der Waals surface area (Å²) in [6, 6.07) is 3.60. The molecule has 0 heterocycles. The number of hydrogen-bond acceptors (Lipinski definition) is 2. The lowest BCUT2D eigenvalue weighted by molar-refractivity contribution is -0.128. The van der Waals surface area contributed by atoms with Crippen molar-refractivity contribution in [1.29, 1.82) is 0 Å². The second-order valence-corrected chi connectivity index (χ2v) is 5.08. The Labute approximate surface area is 113 Å². The van der Waals surface area contributed by atoms with Crippen LogP contribution in [0.1, 0.15) is 33.3 Å². The molecule has 0 bridgehead atoms. The summed E-state index contributed by atoms with van der Waals surface area (Å²) >= 11 is 0. The summed E-state index contributed by atoms with van der Waals surface area (Å²) in [6.45, 7) is 9.26. The van der Waals surface area contributed by atoms with Crippen molar-refractivity contribution in [2.24, 2.45) is 0 Å². The van der Waals surface area contributed by atoms with Crippen LogP contribution in [0.25, 0.3) is 0 Å². The largest absolute Gasteiger partial charge is 0.297 e. The molecular weight excluding hydrogens is 248 g/mol. The Morgan fingerprint density at radius 3 is 2.21 bits per heavy atom. The second kappa shape index (κ2) is 6.24. The highest BCUT2D eigenvalue weighted by Crippen LogP contribution is 2.19. The van der Waals surface area contributed by atoms with E-state index in [1.165, 1.54) is 6.07 Å². The average molecular weight is 269 g/mol. The van der Waals surface area contributed by atoms with Crippen LogP contribution in [0, 0.1) is 11.6 Å². The Hall–Kier alpha value is -1.29. The number of Topliss-reactive ketones (excluding diaryl/α,β-unsaturated/α-hetero) is 1. The van der Waals surface area contributed by atoms with Gasteiger partial charge in [-0.15, -0.1) is 0 Å². The molecule has 0 aliphatic heterocycles. The number of halogens is 2. The summed E-state index contributed by atoms with van der Waals surface area (Å²) in [6.07, 6.45) is 0.112. The van der Waals surface area contributed by atoms with Gasteiger partial charge in [-0.05, 0) is 44.6 Å². The van der Waals surface area contributed by atoms with Crippen molar-refractivity contribution >= 4 is 5.78 Å². The molecule has 0 unspecified atom stereocenters. The average Bonchev–Trinajstić information content (AvgIpc) is 2.35. The van der Waals surface area contributed by atoms with Crippen LogP contribution < -0.4 is 0 Å². The van der Waals surface area contributed by atoms with Crippen molar-refractivity contribution in [2.45, 2.75) is 39.7 Å². The molecule has 2 nitrogen and oxygen atoms in total. The van der Waals surface area contributed by atoms with E-state index in [-0.39, 0.29) is 12.2 Å². The topological polar surface area (TPSA) is 20.3 Å². The van der Waals surface area contributed by atoms with Crippen LogP contribution in [-0.2, 0) is 11.2 Å². The lowest BCUT2D eigenvalue weighted by atomic mass is 9.91. The number of ketones is 1. The zero-order valence-electron chi connectivity index (χ0n) is 12.0. The van der Waals surface area contributed by atoms with Gasteiger partial charge >= 0.3 is 0 Å². The van der Waals surface area contributed by atoms with Gasteiger partial charge in [0, 0.05) is 6.42 Å². The van der Waals surface area contributed by atoms with E-state index in [0.717, 1.165) is 25.2 Å². The summed E-state index contributed by atoms with van der Waals surface area (Å²) in [7, 11) is 0. The molecule has 0 atom stereocenters. The SMILES string of the molecule is CCN(CC)C(C)(C)C(=O)Cc1ccc(F)c(F)c1. The van der Waals surface area contributed by atoms with E-state index in [0.29, 0.717) is 5.56 Å². The highest BCUT2D eigenvalue weighted by atomic mass is 19.2. The maximum atomic E-state index is 13.1.